The van der Waals surface area contributed by atoms with Crippen LogP contribution < -0.4 is 0 Å². The van der Waals surface area contributed by atoms with Gasteiger partial charge in [-0.05, 0) is 11.4 Å². The average molecular weight is 351 g/mol. The zero-order valence-electron chi connectivity index (χ0n) is 12.3. The molecule has 0 amide bonds. The number of hydrogen-bond acceptors (Lipinski definition) is 7. The highest BCUT2D eigenvalue weighted by molar-refractivity contribution is 7.13. The number of aliphatic hydroxyl groups is 3. The van der Waals surface area contributed by atoms with Crippen LogP contribution in [0.3, 0.4) is 0 Å². The molecule has 0 bridgehead atoms. The topological polar surface area (TPSA) is 101 Å². The molecule has 3 aromatic rings. The van der Waals surface area contributed by atoms with Gasteiger partial charge in [-0.25, -0.2) is 14.4 Å². The Morgan fingerprint density at radius 3 is 2.79 bits per heavy atom. The Kier molecular flexibility index (Phi) is 3.82. The largest absolute Gasteiger partial charge is 0.394 e. The van der Waals surface area contributed by atoms with Crippen LogP contribution >= 0.6 is 11.3 Å². The summed E-state index contributed by atoms with van der Waals surface area (Å²) in [6.07, 6.45) is -2.08. The van der Waals surface area contributed by atoms with Gasteiger partial charge < -0.3 is 24.6 Å². The second kappa shape index (κ2) is 5.87. The van der Waals surface area contributed by atoms with Gasteiger partial charge in [0.2, 0.25) is 0 Å². The lowest BCUT2D eigenvalue weighted by Crippen LogP contribution is -2.33. The first-order valence-corrected chi connectivity index (χ1v) is 8.17. The Hall–Kier alpha value is -1.91. The van der Waals surface area contributed by atoms with E-state index in [4.69, 9.17) is 4.74 Å². The molecular weight excluding hydrogens is 337 g/mol. The molecule has 1 saturated heterocycles. The van der Waals surface area contributed by atoms with Crippen molar-refractivity contribution in [3.05, 3.63) is 35.9 Å². The minimum Gasteiger partial charge on any atom is -0.394 e. The van der Waals surface area contributed by atoms with Crippen LogP contribution in [0.4, 0.5) is 4.39 Å². The number of ether oxygens (including phenoxy) is 1. The third kappa shape index (κ3) is 2.25. The van der Waals surface area contributed by atoms with Gasteiger partial charge in [-0.15, -0.1) is 11.3 Å². The maximum absolute atomic E-state index is 14.6. The molecule has 1 unspecified atom stereocenters. The van der Waals surface area contributed by atoms with Gasteiger partial charge in [0.1, 0.15) is 30.3 Å². The maximum Gasteiger partial charge on any atom is 0.164 e. The lowest BCUT2D eigenvalue weighted by molar-refractivity contribution is -0.0510. The predicted octanol–water partition coefficient (Wildman–Crippen LogP) is 0.910. The summed E-state index contributed by atoms with van der Waals surface area (Å²) in [6.45, 7) is -0.453. The average Bonchev–Trinajstić information content (AvgIpc) is 3.29. The highest BCUT2D eigenvalue weighted by Crippen LogP contribution is 2.36. The molecule has 1 aliphatic rings. The summed E-state index contributed by atoms with van der Waals surface area (Å²) in [7, 11) is 0. The quantitative estimate of drug-likeness (QED) is 0.649. The first-order valence-electron chi connectivity index (χ1n) is 7.29. The molecule has 0 saturated carbocycles. The molecule has 1 aliphatic heterocycles. The van der Waals surface area contributed by atoms with E-state index in [1.807, 2.05) is 17.5 Å². The van der Waals surface area contributed by atoms with Gasteiger partial charge >= 0.3 is 0 Å². The minimum atomic E-state index is -1.31. The summed E-state index contributed by atoms with van der Waals surface area (Å²) in [5.74, 6) is -0.549. The van der Waals surface area contributed by atoms with Crippen LogP contribution in [-0.2, 0) is 4.74 Å². The molecule has 4 heterocycles. The molecule has 3 N–H and O–H groups in total. The van der Waals surface area contributed by atoms with E-state index in [9.17, 15) is 19.7 Å². The normalized spacial score (nSPS) is 27.2. The Morgan fingerprint density at radius 2 is 2.12 bits per heavy atom. The van der Waals surface area contributed by atoms with Crippen LogP contribution in [-0.4, -0.2) is 54.8 Å². The fraction of sp³-hybridized carbons (Fsp3) is 0.333. The number of nitrogens with zero attached hydrogens (tertiary/aromatic N) is 3. The van der Waals surface area contributed by atoms with Crippen LogP contribution in [0, 0.1) is 5.82 Å². The van der Waals surface area contributed by atoms with Crippen molar-refractivity contribution in [2.24, 2.45) is 0 Å². The van der Waals surface area contributed by atoms with Crippen molar-refractivity contribution in [3.63, 3.8) is 0 Å². The predicted molar refractivity (Wildman–Crippen MR) is 83.8 cm³/mol. The zero-order chi connectivity index (χ0) is 16.8. The molecule has 0 aromatic carbocycles. The first kappa shape index (κ1) is 15.6. The highest BCUT2D eigenvalue weighted by atomic mass is 32.1. The van der Waals surface area contributed by atoms with Gasteiger partial charge in [0.25, 0.3) is 0 Å². The molecule has 0 radical (unpaired) electrons. The van der Waals surface area contributed by atoms with Gasteiger partial charge in [0.05, 0.1) is 22.6 Å². The molecule has 4 atom stereocenters. The van der Waals surface area contributed by atoms with Crippen molar-refractivity contribution < 1.29 is 24.4 Å². The molecular formula is C15H14FN3O4S. The fourth-order valence-corrected chi connectivity index (χ4v) is 3.67. The van der Waals surface area contributed by atoms with Crippen molar-refractivity contribution in [1.82, 2.24) is 14.5 Å². The number of halogens is 1. The maximum atomic E-state index is 14.6. The second-order valence-corrected chi connectivity index (χ2v) is 6.46. The summed E-state index contributed by atoms with van der Waals surface area (Å²) in [5, 5.41) is 31.4. The van der Waals surface area contributed by atoms with Crippen molar-refractivity contribution >= 4 is 22.4 Å². The van der Waals surface area contributed by atoms with E-state index in [0.717, 1.165) is 11.1 Å². The number of aromatic nitrogens is 3. The minimum absolute atomic E-state index is 0.220. The Labute approximate surface area is 139 Å². The molecule has 3 aromatic heterocycles. The number of aliphatic hydroxyl groups excluding tert-OH is 3. The van der Waals surface area contributed by atoms with Crippen molar-refractivity contribution in [2.45, 2.75) is 24.5 Å². The Bertz CT molecular complexity index is 869. The van der Waals surface area contributed by atoms with Crippen LogP contribution in [0.2, 0.25) is 0 Å². The summed E-state index contributed by atoms with van der Waals surface area (Å²) >= 11 is 1.43. The van der Waals surface area contributed by atoms with Crippen molar-refractivity contribution in [3.8, 4) is 10.6 Å². The Balaban J connectivity index is 1.86. The van der Waals surface area contributed by atoms with Gasteiger partial charge in [-0.2, -0.15) is 0 Å². The number of rotatable bonds is 3. The van der Waals surface area contributed by atoms with Gasteiger partial charge in [0.15, 0.2) is 12.0 Å². The number of thiophene rings is 1. The number of hydrogen-bond donors (Lipinski definition) is 3. The molecule has 1 fully saturated rings. The molecule has 4 rings (SSSR count). The van der Waals surface area contributed by atoms with Gasteiger partial charge in [0, 0.05) is 6.20 Å². The molecule has 0 spiro atoms. The Morgan fingerprint density at radius 1 is 1.29 bits per heavy atom. The van der Waals surface area contributed by atoms with E-state index in [0.29, 0.717) is 5.69 Å². The lowest BCUT2D eigenvalue weighted by atomic mass is 10.1. The molecule has 24 heavy (non-hydrogen) atoms. The van der Waals surface area contributed by atoms with Gasteiger partial charge in [-0.1, -0.05) is 6.07 Å². The SMILES string of the molecule is OC[C@H]1OC(n2cc(F)c3c(-c4cccs4)ncnc32)[C@H](O)[C@@H]1O. The van der Waals surface area contributed by atoms with Crippen LogP contribution in [0.25, 0.3) is 21.6 Å². The summed E-state index contributed by atoms with van der Waals surface area (Å²) in [4.78, 5) is 9.07. The highest BCUT2D eigenvalue weighted by Gasteiger charge is 2.44. The van der Waals surface area contributed by atoms with E-state index >= 15 is 0 Å². The van der Waals surface area contributed by atoms with E-state index in [1.165, 1.54) is 22.2 Å². The molecule has 7 nitrogen and oxygen atoms in total. The summed E-state index contributed by atoms with van der Waals surface area (Å²) in [6, 6.07) is 3.67. The van der Waals surface area contributed by atoms with Crippen LogP contribution in [0.15, 0.2) is 30.0 Å². The van der Waals surface area contributed by atoms with Crippen LogP contribution in [0.1, 0.15) is 6.23 Å². The van der Waals surface area contributed by atoms with Crippen LogP contribution in [0.5, 0.6) is 0 Å². The van der Waals surface area contributed by atoms with Crippen molar-refractivity contribution in [2.75, 3.05) is 6.61 Å². The molecule has 9 heteroatoms. The van der Waals surface area contributed by atoms with E-state index < -0.39 is 37.0 Å². The van der Waals surface area contributed by atoms with E-state index in [2.05, 4.69) is 9.97 Å². The first-order chi connectivity index (χ1) is 11.6. The standard InChI is InChI=1S/C15H14FN3O4S/c16-7-4-19(15-13(22)12(21)8(5-20)23-15)14-10(7)11(17-6-18-14)9-2-1-3-24-9/h1-4,6,8,12-13,15,20-22H,5H2/t8-,12-,13-,15?/m1/s1. The summed E-state index contributed by atoms with van der Waals surface area (Å²) in [5.41, 5.74) is 0.707. The smallest absolute Gasteiger partial charge is 0.164 e. The van der Waals surface area contributed by atoms with E-state index in [1.54, 1.807) is 0 Å². The fourth-order valence-electron chi connectivity index (χ4n) is 2.94. The van der Waals surface area contributed by atoms with Gasteiger partial charge in [-0.3, -0.25) is 0 Å². The number of fused-ring (bicyclic) bond motifs is 1. The molecule has 0 aliphatic carbocycles. The lowest BCUT2D eigenvalue weighted by Gasteiger charge is -2.17. The third-order valence-electron chi connectivity index (χ3n) is 4.11. The second-order valence-electron chi connectivity index (χ2n) is 5.51. The zero-order valence-corrected chi connectivity index (χ0v) is 13.1. The van der Waals surface area contributed by atoms with E-state index in [-0.39, 0.29) is 11.0 Å². The third-order valence-corrected chi connectivity index (χ3v) is 4.99. The summed E-state index contributed by atoms with van der Waals surface area (Å²) < 4.78 is 21.4. The monoisotopic (exact) mass is 351 g/mol. The molecule has 126 valence electrons. The van der Waals surface area contributed by atoms with Crippen molar-refractivity contribution in [1.29, 1.82) is 0 Å².